The van der Waals surface area contributed by atoms with Crippen molar-refractivity contribution in [2.45, 2.75) is 57.9 Å². The van der Waals surface area contributed by atoms with Crippen molar-refractivity contribution in [1.82, 2.24) is 0 Å². The third-order valence-corrected chi connectivity index (χ3v) is 4.50. The number of benzene rings is 1. The molecule has 1 aliphatic rings. The van der Waals surface area contributed by atoms with E-state index in [0.29, 0.717) is 11.1 Å². The highest BCUT2D eigenvalue weighted by molar-refractivity contribution is 6.44. The van der Waals surface area contributed by atoms with Crippen molar-refractivity contribution in [1.29, 1.82) is 5.26 Å². The van der Waals surface area contributed by atoms with E-state index in [1.54, 1.807) is 19.9 Å². The zero-order chi connectivity index (χ0) is 16.3. The molecule has 118 valence electrons. The van der Waals surface area contributed by atoms with Crippen LogP contribution in [0.3, 0.4) is 0 Å². The van der Waals surface area contributed by atoms with E-state index in [9.17, 15) is 14.4 Å². The molecule has 0 radical (unpaired) electrons. The van der Waals surface area contributed by atoms with Gasteiger partial charge in [0.15, 0.2) is 0 Å². The molecule has 0 spiro atoms. The standard InChI is InChI=1S/C16H22BFN2O2/c1-11-9-16(13(7-8-19)10-15(11)18)20(12(2)17(21)22)14-5-3-4-6-14/h9-10,12,14,21-22H,3-7H2,1-2H3. The molecule has 0 saturated heterocycles. The van der Waals surface area contributed by atoms with Crippen LogP contribution in [0.25, 0.3) is 0 Å². The van der Waals surface area contributed by atoms with Crippen molar-refractivity contribution in [2.75, 3.05) is 4.90 Å². The maximum Gasteiger partial charge on any atom is 0.475 e. The summed E-state index contributed by atoms with van der Waals surface area (Å²) in [7, 11) is -1.49. The lowest BCUT2D eigenvalue weighted by atomic mass is 9.78. The lowest BCUT2D eigenvalue weighted by Crippen LogP contribution is -2.49. The van der Waals surface area contributed by atoms with E-state index in [1.165, 1.54) is 6.07 Å². The zero-order valence-electron chi connectivity index (χ0n) is 13.1. The number of nitriles is 1. The summed E-state index contributed by atoms with van der Waals surface area (Å²) in [6.45, 7) is 3.43. The van der Waals surface area contributed by atoms with Crippen LogP contribution in [0.4, 0.5) is 10.1 Å². The van der Waals surface area contributed by atoms with E-state index in [2.05, 4.69) is 6.07 Å². The number of anilines is 1. The summed E-state index contributed by atoms with van der Waals surface area (Å²) in [5.74, 6) is -0.844. The monoisotopic (exact) mass is 304 g/mol. The molecule has 1 atom stereocenters. The molecule has 0 heterocycles. The second kappa shape index (κ2) is 7.12. The Morgan fingerprint density at radius 3 is 2.59 bits per heavy atom. The van der Waals surface area contributed by atoms with E-state index in [1.807, 2.05) is 4.90 Å². The molecule has 22 heavy (non-hydrogen) atoms. The van der Waals surface area contributed by atoms with Crippen molar-refractivity contribution < 1.29 is 14.4 Å². The summed E-state index contributed by atoms with van der Waals surface area (Å²) in [5, 5.41) is 28.3. The predicted molar refractivity (Wildman–Crippen MR) is 84.8 cm³/mol. The first-order chi connectivity index (χ1) is 10.5. The fraction of sp³-hybridized carbons (Fsp3) is 0.562. The Morgan fingerprint density at radius 1 is 1.41 bits per heavy atom. The van der Waals surface area contributed by atoms with Crippen LogP contribution >= 0.6 is 0 Å². The zero-order valence-corrected chi connectivity index (χ0v) is 13.1. The number of hydrogen-bond acceptors (Lipinski definition) is 4. The van der Waals surface area contributed by atoms with Gasteiger partial charge in [0.2, 0.25) is 0 Å². The third kappa shape index (κ3) is 3.42. The second-order valence-electron chi connectivity index (χ2n) is 6.06. The molecule has 1 unspecified atom stereocenters. The van der Waals surface area contributed by atoms with Gasteiger partial charge in [-0.2, -0.15) is 5.26 Å². The van der Waals surface area contributed by atoms with Gasteiger partial charge in [0.1, 0.15) is 5.82 Å². The largest absolute Gasteiger partial charge is 0.475 e. The van der Waals surface area contributed by atoms with E-state index in [4.69, 9.17) is 5.26 Å². The number of aryl methyl sites for hydroxylation is 1. The molecule has 6 heteroatoms. The molecule has 4 nitrogen and oxygen atoms in total. The summed E-state index contributed by atoms with van der Waals surface area (Å²) in [5.41, 5.74) is 1.84. The van der Waals surface area contributed by atoms with Crippen molar-refractivity contribution in [3.05, 3.63) is 29.1 Å². The fourth-order valence-electron chi connectivity index (χ4n) is 3.25. The molecule has 0 amide bonds. The molecule has 1 saturated carbocycles. The van der Waals surface area contributed by atoms with E-state index in [0.717, 1.165) is 31.4 Å². The Kier molecular flexibility index (Phi) is 5.44. The van der Waals surface area contributed by atoms with Gasteiger partial charge < -0.3 is 14.9 Å². The lowest BCUT2D eigenvalue weighted by molar-refractivity contribution is 0.379. The second-order valence-corrected chi connectivity index (χ2v) is 6.06. The van der Waals surface area contributed by atoms with Gasteiger partial charge in [0.25, 0.3) is 0 Å². The van der Waals surface area contributed by atoms with Crippen molar-refractivity contribution in [2.24, 2.45) is 0 Å². The van der Waals surface area contributed by atoms with Crippen LogP contribution < -0.4 is 4.90 Å². The number of halogens is 1. The van der Waals surface area contributed by atoms with Crippen LogP contribution in [-0.4, -0.2) is 29.1 Å². The van der Waals surface area contributed by atoms with Gasteiger partial charge in [-0.3, -0.25) is 0 Å². The summed E-state index contributed by atoms with van der Waals surface area (Å²) in [4.78, 5) is 1.97. The highest BCUT2D eigenvalue weighted by Crippen LogP contribution is 2.34. The Morgan fingerprint density at radius 2 is 2.05 bits per heavy atom. The topological polar surface area (TPSA) is 67.5 Å². The fourth-order valence-corrected chi connectivity index (χ4v) is 3.25. The predicted octanol–water partition coefficient (Wildman–Crippen LogP) is 2.35. The molecule has 1 aromatic rings. The smallest absolute Gasteiger partial charge is 0.426 e. The SMILES string of the molecule is Cc1cc(N(C2CCCC2)C(C)B(O)O)c(CC#N)cc1F. The van der Waals surface area contributed by atoms with Gasteiger partial charge in [-0.05, 0) is 49.9 Å². The lowest BCUT2D eigenvalue weighted by Gasteiger charge is -2.38. The Balaban J connectivity index is 2.50. The van der Waals surface area contributed by atoms with Gasteiger partial charge in [-0.15, -0.1) is 0 Å². The molecule has 1 fully saturated rings. The van der Waals surface area contributed by atoms with E-state index < -0.39 is 13.1 Å². The average molecular weight is 304 g/mol. The van der Waals surface area contributed by atoms with Crippen LogP contribution in [0.15, 0.2) is 12.1 Å². The summed E-state index contributed by atoms with van der Waals surface area (Å²) in [6.07, 6.45) is 4.25. The van der Waals surface area contributed by atoms with Gasteiger partial charge in [0, 0.05) is 11.7 Å². The highest BCUT2D eigenvalue weighted by Gasteiger charge is 2.34. The summed E-state index contributed by atoms with van der Waals surface area (Å²) < 4.78 is 13.9. The van der Waals surface area contributed by atoms with Gasteiger partial charge in [0.05, 0.1) is 18.4 Å². The summed E-state index contributed by atoms with van der Waals surface area (Å²) in [6, 6.07) is 5.38. The third-order valence-electron chi connectivity index (χ3n) is 4.50. The average Bonchev–Trinajstić information content (AvgIpc) is 2.98. The molecule has 0 bridgehead atoms. The minimum absolute atomic E-state index is 0.101. The van der Waals surface area contributed by atoms with Crippen LogP contribution in [0.2, 0.25) is 0 Å². The highest BCUT2D eigenvalue weighted by atomic mass is 19.1. The summed E-state index contributed by atoms with van der Waals surface area (Å²) >= 11 is 0. The van der Waals surface area contributed by atoms with Crippen LogP contribution in [0.5, 0.6) is 0 Å². The van der Waals surface area contributed by atoms with Crippen LogP contribution in [0.1, 0.15) is 43.7 Å². The molecule has 2 rings (SSSR count). The maximum atomic E-state index is 13.9. The molecular formula is C16H22BFN2O2. The molecule has 1 aliphatic carbocycles. The molecule has 0 aliphatic heterocycles. The van der Waals surface area contributed by atoms with Crippen molar-refractivity contribution in [3.8, 4) is 6.07 Å². The Hall–Kier alpha value is -1.58. The minimum atomic E-state index is -1.49. The normalized spacial score (nSPS) is 16.4. The number of hydrogen-bond donors (Lipinski definition) is 2. The number of nitrogens with zero attached hydrogens (tertiary/aromatic N) is 2. The first-order valence-electron chi connectivity index (χ1n) is 7.76. The van der Waals surface area contributed by atoms with Crippen LogP contribution in [0, 0.1) is 24.1 Å². The van der Waals surface area contributed by atoms with E-state index in [-0.39, 0.29) is 18.3 Å². The Bertz CT molecular complexity index is 566. The molecular weight excluding hydrogens is 282 g/mol. The first kappa shape index (κ1) is 16.8. The van der Waals surface area contributed by atoms with E-state index >= 15 is 0 Å². The molecule has 1 aromatic carbocycles. The number of rotatable bonds is 5. The quantitative estimate of drug-likeness (QED) is 0.819. The van der Waals surface area contributed by atoms with Gasteiger partial charge in [-0.1, -0.05) is 12.8 Å². The molecule has 0 aromatic heterocycles. The maximum absolute atomic E-state index is 13.9. The molecule has 2 N–H and O–H groups in total. The first-order valence-corrected chi connectivity index (χ1v) is 7.76. The van der Waals surface area contributed by atoms with Gasteiger partial charge >= 0.3 is 7.12 Å². The van der Waals surface area contributed by atoms with Gasteiger partial charge in [-0.25, -0.2) is 4.39 Å². The van der Waals surface area contributed by atoms with Crippen molar-refractivity contribution >= 4 is 12.8 Å². The Labute approximate surface area is 131 Å². The van der Waals surface area contributed by atoms with Crippen LogP contribution in [-0.2, 0) is 6.42 Å². The van der Waals surface area contributed by atoms with Crippen molar-refractivity contribution in [3.63, 3.8) is 0 Å². The minimum Gasteiger partial charge on any atom is -0.426 e.